The topological polar surface area (TPSA) is 53.9 Å². The number of nitrogens with zero attached hydrogens (tertiary/aromatic N) is 4. The Bertz CT molecular complexity index is 566. The van der Waals surface area contributed by atoms with Gasteiger partial charge in [-0.3, -0.25) is 0 Å². The van der Waals surface area contributed by atoms with Gasteiger partial charge in [0.2, 0.25) is 11.2 Å². The smallest absolute Gasteiger partial charge is 0.231 e. The van der Waals surface area contributed by atoms with E-state index in [0.717, 1.165) is 18.8 Å². The highest BCUT2D eigenvalue weighted by Gasteiger charge is 2.10. The van der Waals surface area contributed by atoms with Gasteiger partial charge in [-0.15, -0.1) is 0 Å². The lowest BCUT2D eigenvalue weighted by Crippen LogP contribution is -2.29. The molecule has 6 heteroatoms. The predicted octanol–water partition coefficient (Wildman–Crippen LogP) is 3.26. The number of anilines is 3. The van der Waals surface area contributed by atoms with Crippen molar-refractivity contribution in [2.24, 2.45) is 0 Å². The van der Waals surface area contributed by atoms with Gasteiger partial charge in [-0.1, -0.05) is 0 Å². The normalized spacial score (nSPS) is 15.2. The van der Waals surface area contributed by atoms with Crippen LogP contribution < -0.4 is 10.2 Å². The molecule has 0 atom stereocenters. The van der Waals surface area contributed by atoms with Crippen molar-refractivity contribution >= 4 is 28.9 Å². The maximum Gasteiger partial charge on any atom is 0.231 e. The standard InChI is InChI=1S/C14H16ClN5/c15-13-16-10-17-14(19-13)18-11-4-6-12(7-5-11)20-8-2-1-3-9-20/h4-7,10H,1-3,8-9H2,(H,16,17,18,19). The van der Waals surface area contributed by atoms with Crippen molar-refractivity contribution in [2.45, 2.75) is 19.3 Å². The lowest BCUT2D eigenvalue weighted by atomic mass is 10.1. The van der Waals surface area contributed by atoms with E-state index in [0.29, 0.717) is 5.95 Å². The predicted molar refractivity (Wildman–Crippen MR) is 80.6 cm³/mol. The summed E-state index contributed by atoms with van der Waals surface area (Å²) in [5, 5.41) is 3.30. The van der Waals surface area contributed by atoms with Crippen LogP contribution >= 0.6 is 11.6 Å². The molecule has 1 fully saturated rings. The van der Waals surface area contributed by atoms with E-state index in [9.17, 15) is 0 Å². The first kappa shape index (κ1) is 13.1. The molecule has 5 nitrogen and oxygen atoms in total. The molecule has 2 aromatic rings. The number of nitrogens with one attached hydrogen (secondary N) is 1. The van der Waals surface area contributed by atoms with Crippen molar-refractivity contribution in [1.82, 2.24) is 15.0 Å². The number of rotatable bonds is 3. The summed E-state index contributed by atoms with van der Waals surface area (Å²) in [6.07, 6.45) is 5.29. The van der Waals surface area contributed by atoms with Crippen molar-refractivity contribution < 1.29 is 0 Å². The van der Waals surface area contributed by atoms with Crippen molar-refractivity contribution in [3.8, 4) is 0 Å². The average Bonchev–Trinajstić information content (AvgIpc) is 2.49. The highest BCUT2D eigenvalue weighted by molar-refractivity contribution is 6.28. The lowest BCUT2D eigenvalue weighted by Gasteiger charge is -2.28. The minimum absolute atomic E-state index is 0.187. The SMILES string of the molecule is Clc1ncnc(Nc2ccc(N3CCCCC3)cc2)n1. The van der Waals surface area contributed by atoms with Crippen molar-refractivity contribution in [3.05, 3.63) is 35.9 Å². The second kappa shape index (κ2) is 6.05. The van der Waals surface area contributed by atoms with Gasteiger partial charge in [-0.2, -0.15) is 4.98 Å². The van der Waals surface area contributed by atoms with Gasteiger partial charge in [0, 0.05) is 24.5 Å². The molecule has 0 bridgehead atoms. The van der Waals surface area contributed by atoms with Crippen LogP contribution in [0, 0.1) is 0 Å². The summed E-state index contributed by atoms with van der Waals surface area (Å²) in [5.41, 5.74) is 2.21. The average molecular weight is 290 g/mol. The van der Waals surface area contributed by atoms with Gasteiger partial charge in [-0.25, -0.2) is 9.97 Å². The maximum atomic E-state index is 5.73. The van der Waals surface area contributed by atoms with Crippen LogP contribution in [0.5, 0.6) is 0 Å². The third-order valence-corrected chi connectivity index (χ3v) is 3.57. The Morgan fingerprint density at radius 3 is 2.45 bits per heavy atom. The van der Waals surface area contributed by atoms with Gasteiger partial charge in [0.1, 0.15) is 6.33 Å². The van der Waals surface area contributed by atoms with E-state index in [2.05, 4.69) is 37.3 Å². The van der Waals surface area contributed by atoms with Crippen LogP contribution in [0.15, 0.2) is 30.6 Å². The second-order valence-corrected chi connectivity index (χ2v) is 5.14. The fourth-order valence-corrected chi connectivity index (χ4v) is 2.50. The van der Waals surface area contributed by atoms with E-state index in [-0.39, 0.29) is 5.28 Å². The fraction of sp³-hybridized carbons (Fsp3) is 0.357. The summed E-state index contributed by atoms with van der Waals surface area (Å²) >= 11 is 5.73. The second-order valence-electron chi connectivity index (χ2n) is 4.80. The summed E-state index contributed by atoms with van der Waals surface area (Å²) in [4.78, 5) is 14.2. The molecule has 0 aliphatic carbocycles. The summed E-state index contributed by atoms with van der Waals surface area (Å²) in [5.74, 6) is 0.454. The molecule has 0 unspecified atom stereocenters. The van der Waals surface area contributed by atoms with Crippen molar-refractivity contribution in [1.29, 1.82) is 0 Å². The largest absolute Gasteiger partial charge is 0.372 e. The zero-order chi connectivity index (χ0) is 13.8. The van der Waals surface area contributed by atoms with Gasteiger partial charge in [0.25, 0.3) is 0 Å². The molecule has 3 rings (SSSR count). The number of piperidine rings is 1. The molecule has 0 spiro atoms. The highest BCUT2D eigenvalue weighted by atomic mass is 35.5. The highest BCUT2D eigenvalue weighted by Crippen LogP contribution is 2.22. The van der Waals surface area contributed by atoms with Gasteiger partial charge in [0.15, 0.2) is 0 Å². The molecule has 1 aromatic heterocycles. The third kappa shape index (κ3) is 3.17. The third-order valence-electron chi connectivity index (χ3n) is 3.39. The minimum atomic E-state index is 0.187. The van der Waals surface area contributed by atoms with E-state index < -0.39 is 0 Å². The Balaban J connectivity index is 1.69. The van der Waals surface area contributed by atoms with Crippen LogP contribution in [0.1, 0.15) is 19.3 Å². The van der Waals surface area contributed by atoms with Crippen molar-refractivity contribution in [2.75, 3.05) is 23.3 Å². The maximum absolute atomic E-state index is 5.73. The molecular weight excluding hydrogens is 274 g/mol. The Hall–Kier alpha value is -1.88. The first-order chi connectivity index (χ1) is 9.81. The zero-order valence-electron chi connectivity index (χ0n) is 11.1. The van der Waals surface area contributed by atoms with Gasteiger partial charge >= 0.3 is 0 Å². The fourth-order valence-electron chi connectivity index (χ4n) is 2.37. The Labute approximate surface area is 123 Å². The molecule has 1 aromatic carbocycles. The van der Waals surface area contributed by atoms with Gasteiger partial charge in [0.05, 0.1) is 0 Å². The molecule has 0 amide bonds. The number of benzene rings is 1. The summed E-state index contributed by atoms with van der Waals surface area (Å²) in [7, 11) is 0. The van der Waals surface area contributed by atoms with Crippen LogP contribution in [0.3, 0.4) is 0 Å². The van der Waals surface area contributed by atoms with Gasteiger partial charge in [-0.05, 0) is 55.1 Å². The minimum Gasteiger partial charge on any atom is -0.372 e. The molecule has 0 saturated carbocycles. The first-order valence-electron chi connectivity index (χ1n) is 6.78. The first-order valence-corrected chi connectivity index (χ1v) is 7.16. The van der Waals surface area contributed by atoms with Crippen LogP contribution in [-0.4, -0.2) is 28.0 Å². The molecule has 0 radical (unpaired) electrons. The summed E-state index contributed by atoms with van der Waals surface area (Å²) < 4.78 is 0. The molecule has 1 saturated heterocycles. The Morgan fingerprint density at radius 2 is 1.75 bits per heavy atom. The van der Waals surface area contributed by atoms with Crippen molar-refractivity contribution in [3.63, 3.8) is 0 Å². The monoisotopic (exact) mass is 289 g/mol. The summed E-state index contributed by atoms with van der Waals surface area (Å²) in [6.45, 7) is 2.30. The molecular formula is C14H16ClN5. The van der Waals surface area contributed by atoms with Crippen LogP contribution in [0.4, 0.5) is 17.3 Å². The molecule has 1 N–H and O–H groups in total. The van der Waals surface area contributed by atoms with E-state index >= 15 is 0 Å². The Morgan fingerprint density at radius 1 is 1.00 bits per heavy atom. The summed E-state index contributed by atoms with van der Waals surface area (Å²) in [6, 6.07) is 8.30. The Kier molecular flexibility index (Phi) is 3.97. The van der Waals surface area contributed by atoms with E-state index in [1.807, 2.05) is 12.1 Å². The number of hydrogen-bond donors (Lipinski definition) is 1. The molecule has 1 aliphatic heterocycles. The molecule has 2 heterocycles. The number of hydrogen-bond acceptors (Lipinski definition) is 5. The van der Waals surface area contributed by atoms with E-state index in [4.69, 9.17) is 11.6 Å². The van der Waals surface area contributed by atoms with Crippen LogP contribution in [-0.2, 0) is 0 Å². The van der Waals surface area contributed by atoms with Gasteiger partial charge < -0.3 is 10.2 Å². The van der Waals surface area contributed by atoms with Crippen LogP contribution in [0.2, 0.25) is 5.28 Å². The molecule has 20 heavy (non-hydrogen) atoms. The van der Waals surface area contributed by atoms with E-state index in [1.165, 1.54) is 31.3 Å². The van der Waals surface area contributed by atoms with Crippen LogP contribution in [0.25, 0.3) is 0 Å². The number of halogens is 1. The lowest BCUT2D eigenvalue weighted by molar-refractivity contribution is 0.578. The quantitative estimate of drug-likeness (QED) is 0.940. The van der Waals surface area contributed by atoms with E-state index in [1.54, 1.807) is 0 Å². The number of aromatic nitrogens is 3. The molecule has 1 aliphatic rings. The zero-order valence-corrected chi connectivity index (χ0v) is 11.8. The molecule has 104 valence electrons.